The Morgan fingerprint density at radius 2 is 1.80 bits per heavy atom. The smallest absolute Gasteiger partial charge is 0.122 e. The van der Waals surface area contributed by atoms with Crippen molar-refractivity contribution >= 4 is 0 Å². The second-order valence-corrected chi connectivity index (χ2v) is 5.30. The van der Waals surface area contributed by atoms with Crippen LogP contribution in [0.5, 0.6) is 11.5 Å². The highest BCUT2D eigenvalue weighted by molar-refractivity contribution is 5.40. The number of ether oxygens (including phenoxy) is 2. The molecule has 0 aliphatic heterocycles. The first-order chi connectivity index (χ1) is 9.76. The van der Waals surface area contributed by atoms with E-state index in [0.717, 1.165) is 17.9 Å². The second-order valence-electron chi connectivity index (χ2n) is 5.30. The van der Waals surface area contributed by atoms with Gasteiger partial charge < -0.3 is 14.8 Å². The van der Waals surface area contributed by atoms with Crippen LogP contribution in [0.15, 0.2) is 29.8 Å². The third-order valence-electron chi connectivity index (χ3n) is 3.98. The topological polar surface area (TPSA) is 30.5 Å². The van der Waals surface area contributed by atoms with E-state index >= 15 is 0 Å². The van der Waals surface area contributed by atoms with E-state index in [1.165, 1.54) is 31.2 Å². The summed E-state index contributed by atoms with van der Waals surface area (Å²) in [4.78, 5) is 0. The van der Waals surface area contributed by atoms with Crippen LogP contribution in [0.2, 0.25) is 0 Å². The maximum atomic E-state index is 5.36. The first kappa shape index (κ1) is 14.9. The van der Waals surface area contributed by atoms with Crippen molar-refractivity contribution in [3.05, 3.63) is 35.4 Å². The monoisotopic (exact) mass is 275 g/mol. The highest BCUT2D eigenvalue weighted by Crippen LogP contribution is 2.31. The van der Waals surface area contributed by atoms with Crippen LogP contribution >= 0.6 is 0 Å². The Balaban J connectivity index is 2.19. The molecule has 0 saturated heterocycles. The van der Waals surface area contributed by atoms with Gasteiger partial charge in [0.15, 0.2) is 0 Å². The molecule has 3 heteroatoms. The van der Waals surface area contributed by atoms with Gasteiger partial charge in [0.1, 0.15) is 11.5 Å². The number of nitrogens with one attached hydrogen (secondary N) is 1. The summed E-state index contributed by atoms with van der Waals surface area (Å²) in [5.74, 6) is 1.69. The predicted octanol–water partition coefficient (Wildman–Crippen LogP) is 3.85. The molecule has 0 saturated carbocycles. The van der Waals surface area contributed by atoms with E-state index in [9.17, 15) is 0 Å². The van der Waals surface area contributed by atoms with Crippen molar-refractivity contribution in [1.82, 2.24) is 5.32 Å². The van der Waals surface area contributed by atoms with E-state index in [4.69, 9.17) is 9.47 Å². The zero-order chi connectivity index (χ0) is 14.4. The van der Waals surface area contributed by atoms with E-state index in [1.807, 2.05) is 13.1 Å². The lowest BCUT2D eigenvalue weighted by Gasteiger charge is -2.21. The van der Waals surface area contributed by atoms with Crippen LogP contribution in [0, 0.1) is 0 Å². The van der Waals surface area contributed by atoms with Gasteiger partial charge in [-0.05, 0) is 56.8 Å². The van der Waals surface area contributed by atoms with Crippen molar-refractivity contribution in [3.8, 4) is 11.5 Å². The van der Waals surface area contributed by atoms with Gasteiger partial charge in [0.2, 0.25) is 0 Å². The van der Waals surface area contributed by atoms with Gasteiger partial charge in [0, 0.05) is 12.1 Å². The molecule has 2 rings (SSSR count). The Labute approximate surface area is 122 Å². The Morgan fingerprint density at radius 1 is 1.10 bits per heavy atom. The molecule has 0 bridgehead atoms. The van der Waals surface area contributed by atoms with Crippen LogP contribution in [0.25, 0.3) is 0 Å². The molecule has 1 aliphatic carbocycles. The summed E-state index contributed by atoms with van der Waals surface area (Å²) in [6.45, 7) is 0. The Hall–Kier alpha value is -1.48. The summed E-state index contributed by atoms with van der Waals surface area (Å²) in [7, 11) is 5.40. The Bertz CT molecular complexity index is 446. The molecule has 110 valence electrons. The van der Waals surface area contributed by atoms with E-state index in [0.29, 0.717) is 6.04 Å². The molecule has 0 aromatic heterocycles. The summed E-state index contributed by atoms with van der Waals surface area (Å²) >= 11 is 0. The molecule has 1 aliphatic rings. The number of methoxy groups -OCH3 is 2. The fourth-order valence-electron chi connectivity index (χ4n) is 2.77. The van der Waals surface area contributed by atoms with Gasteiger partial charge in [-0.15, -0.1) is 0 Å². The first-order valence-corrected chi connectivity index (χ1v) is 7.35. The highest BCUT2D eigenvalue weighted by atomic mass is 16.5. The fourth-order valence-corrected chi connectivity index (χ4v) is 2.77. The van der Waals surface area contributed by atoms with Crippen molar-refractivity contribution in [1.29, 1.82) is 0 Å². The summed E-state index contributed by atoms with van der Waals surface area (Å²) in [5.41, 5.74) is 2.78. The lowest BCUT2D eigenvalue weighted by Crippen LogP contribution is -2.17. The number of allylic oxidation sites excluding steroid dienone is 1. The predicted molar refractivity (Wildman–Crippen MR) is 82.5 cm³/mol. The fraction of sp³-hybridized carbons (Fsp3) is 0.529. The maximum absolute atomic E-state index is 5.36. The average molecular weight is 275 g/mol. The van der Waals surface area contributed by atoms with Crippen LogP contribution in [0.3, 0.4) is 0 Å². The molecule has 1 atom stereocenters. The third kappa shape index (κ3) is 3.76. The number of hydrogen-bond acceptors (Lipinski definition) is 3. The number of hydrogen-bond donors (Lipinski definition) is 1. The van der Waals surface area contributed by atoms with Crippen LogP contribution < -0.4 is 14.8 Å². The Morgan fingerprint density at radius 3 is 2.30 bits per heavy atom. The quantitative estimate of drug-likeness (QED) is 0.800. The van der Waals surface area contributed by atoms with Gasteiger partial charge in [-0.3, -0.25) is 0 Å². The molecule has 0 spiro atoms. The van der Waals surface area contributed by atoms with E-state index in [1.54, 1.807) is 19.8 Å². The molecule has 1 aromatic carbocycles. The lowest BCUT2D eigenvalue weighted by atomic mass is 9.91. The summed E-state index contributed by atoms with van der Waals surface area (Å²) in [6, 6.07) is 6.40. The highest BCUT2D eigenvalue weighted by Gasteiger charge is 2.15. The zero-order valence-corrected chi connectivity index (χ0v) is 12.7. The SMILES string of the molecule is CNC(CC1=CCCCC1)c1cc(OC)cc(OC)c1. The van der Waals surface area contributed by atoms with Gasteiger partial charge >= 0.3 is 0 Å². The molecule has 0 radical (unpaired) electrons. The molecule has 0 fully saturated rings. The maximum Gasteiger partial charge on any atom is 0.122 e. The first-order valence-electron chi connectivity index (χ1n) is 7.35. The van der Waals surface area contributed by atoms with Crippen molar-refractivity contribution < 1.29 is 9.47 Å². The Kier molecular flexibility index (Phi) is 5.48. The van der Waals surface area contributed by atoms with Gasteiger partial charge in [-0.1, -0.05) is 11.6 Å². The van der Waals surface area contributed by atoms with Gasteiger partial charge in [-0.2, -0.15) is 0 Å². The van der Waals surface area contributed by atoms with Crippen molar-refractivity contribution in [3.63, 3.8) is 0 Å². The zero-order valence-electron chi connectivity index (χ0n) is 12.7. The summed E-state index contributed by atoms with van der Waals surface area (Å²) in [5, 5.41) is 3.42. The molecular formula is C17H25NO2. The number of rotatable bonds is 6. The normalized spacial score (nSPS) is 16.4. The third-order valence-corrected chi connectivity index (χ3v) is 3.98. The molecule has 1 N–H and O–H groups in total. The largest absolute Gasteiger partial charge is 0.497 e. The van der Waals surface area contributed by atoms with Crippen LogP contribution in [0.1, 0.15) is 43.7 Å². The van der Waals surface area contributed by atoms with E-state index < -0.39 is 0 Å². The van der Waals surface area contributed by atoms with Crippen LogP contribution in [-0.2, 0) is 0 Å². The minimum Gasteiger partial charge on any atom is -0.497 e. The molecule has 20 heavy (non-hydrogen) atoms. The molecular weight excluding hydrogens is 250 g/mol. The molecule has 1 aromatic rings. The van der Waals surface area contributed by atoms with Crippen molar-refractivity contribution in [2.75, 3.05) is 21.3 Å². The standard InChI is InChI=1S/C17H25NO2/c1-18-17(9-13-7-5-4-6-8-13)14-10-15(19-2)12-16(11-14)20-3/h7,10-12,17-18H,4-6,8-9H2,1-3H3. The van der Waals surface area contributed by atoms with Crippen molar-refractivity contribution in [2.24, 2.45) is 0 Å². The minimum atomic E-state index is 0.309. The summed E-state index contributed by atoms with van der Waals surface area (Å²) < 4.78 is 10.7. The number of benzene rings is 1. The van der Waals surface area contributed by atoms with E-state index in [2.05, 4.69) is 23.5 Å². The summed E-state index contributed by atoms with van der Waals surface area (Å²) in [6.07, 6.45) is 8.59. The van der Waals surface area contributed by atoms with Crippen LogP contribution in [-0.4, -0.2) is 21.3 Å². The van der Waals surface area contributed by atoms with Gasteiger partial charge in [0.25, 0.3) is 0 Å². The van der Waals surface area contributed by atoms with Gasteiger partial charge in [-0.25, -0.2) is 0 Å². The van der Waals surface area contributed by atoms with Crippen LogP contribution in [0.4, 0.5) is 0 Å². The second kappa shape index (κ2) is 7.34. The van der Waals surface area contributed by atoms with E-state index in [-0.39, 0.29) is 0 Å². The molecule has 0 amide bonds. The lowest BCUT2D eigenvalue weighted by molar-refractivity contribution is 0.391. The molecule has 1 unspecified atom stereocenters. The molecule has 3 nitrogen and oxygen atoms in total. The van der Waals surface area contributed by atoms with Crippen molar-refractivity contribution in [2.45, 2.75) is 38.1 Å². The molecule has 0 heterocycles. The average Bonchev–Trinajstić information content (AvgIpc) is 2.53. The minimum absolute atomic E-state index is 0.309. The van der Waals surface area contributed by atoms with Gasteiger partial charge in [0.05, 0.1) is 14.2 Å².